The molecule has 0 amide bonds. The van der Waals surface area contributed by atoms with Crippen molar-refractivity contribution < 1.29 is 34.4 Å². The number of fused-ring (bicyclic) bond motifs is 6. The minimum atomic E-state index is -0.337. The van der Waals surface area contributed by atoms with Gasteiger partial charge in [-0.15, -0.1) is 40.5 Å². The van der Waals surface area contributed by atoms with Crippen LogP contribution in [-0.2, 0) is 36.7 Å². The van der Waals surface area contributed by atoms with Crippen LogP contribution in [0.2, 0.25) is 0 Å². The van der Waals surface area contributed by atoms with Crippen molar-refractivity contribution in [2.45, 2.75) is 114 Å². The van der Waals surface area contributed by atoms with E-state index < -0.39 is 0 Å². The number of benzene rings is 3. The average Bonchev–Trinajstić information content (AvgIpc) is 3.70. The van der Waals surface area contributed by atoms with Crippen LogP contribution in [0.4, 0.5) is 0 Å². The number of hydrogen-bond donors (Lipinski definition) is 1. The number of hydrogen-bond acceptors (Lipinski definition) is 5. The van der Waals surface area contributed by atoms with Gasteiger partial charge in [0.15, 0.2) is 5.78 Å². The van der Waals surface area contributed by atoms with Gasteiger partial charge in [0.25, 0.3) is 0 Å². The number of nitrogens with zero attached hydrogens (tertiary/aromatic N) is 1. The van der Waals surface area contributed by atoms with Crippen LogP contribution < -0.4 is 0 Å². The number of rotatable bonds is 10. The van der Waals surface area contributed by atoms with Crippen molar-refractivity contribution in [3.63, 3.8) is 0 Å². The van der Waals surface area contributed by atoms with E-state index in [0.717, 1.165) is 65.3 Å². The van der Waals surface area contributed by atoms with E-state index in [2.05, 4.69) is 94.6 Å². The summed E-state index contributed by atoms with van der Waals surface area (Å²) in [5.41, 5.74) is 5.72. The number of carbonyl (C=O) groups excluding carboxylic acids is 1. The summed E-state index contributed by atoms with van der Waals surface area (Å²) in [6.45, 7) is 23.4. The van der Waals surface area contributed by atoms with Gasteiger partial charge in [-0.1, -0.05) is 105 Å². The fraction of sp³-hybridized carbons (Fsp3) is 0.435. The molecule has 0 fully saturated rings. The molecule has 1 radical (unpaired) electrons. The number of thiophene rings is 1. The molecule has 0 spiro atoms. The molecule has 6 rings (SSSR count). The number of carbonyl (C=O) groups is 1. The van der Waals surface area contributed by atoms with Gasteiger partial charge >= 0.3 is 0 Å². The number of pyridine rings is 1. The molecule has 3 heterocycles. The molecular weight excluding hydrogens is 839 g/mol. The second kappa shape index (κ2) is 16.4. The molecule has 0 atom stereocenters. The first kappa shape index (κ1) is 41.4. The Bertz CT molecular complexity index is 2210. The summed E-state index contributed by atoms with van der Waals surface area (Å²) >= 11 is 1.83. The molecule has 0 aliphatic heterocycles. The van der Waals surface area contributed by atoms with Crippen LogP contribution in [0.15, 0.2) is 76.4 Å². The molecule has 6 aromatic rings. The average molecular weight is 895 g/mol. The van der Waals surface area contributed by atoms with Crippen LogP contribution in [0.3, 0.4) is 0 Å². The molecule has 3 aromatic carbocycles. The van der Waals surface area contributed by atoms with Crippen LogP contribution in [0.5, 0.6) is 0 Å². The van der Waals surface area contributed by atoms with Crippen LogP contribution in [0, 0.1) is 22.8 Å². The summed E-state index contributed by atoms with van der Waals surface area (Å²) in [5.74, 6) is 0.889. The van der Waals surface area contributed by atoms with E-state index in [1.807, 2.05) is 59.1 Å². The molecule has 4 nitrogen and oxygen atoms in total. The van der Waals surface area contributed by atoms with Gasteiger partial charge in [-0.25, -0.2) is 0 Å². The van der Waals surface area contributed by atoms with Gasteiger partial charge in [0.1, 0.15) is 16.9 Å². The number of aliphatic hydroxyl groups is 1. The Morgan fingerprint density at radius 3 is 2.17 bits per heavy atom. The van der Waals surface area contributed by atoms with Crippen molar-refractivity contribution in [3.05, 3.63) is 89.1 Å². The molecule has 0 aliphatic rings. The van der Waals surface area contributed by atoms with E-state index >= 15 is 0 Å². The summed E-state index contributed by atoms with van der Waals surface area (Å²) in [6, 6.07) is 20.8. The van der Waals surface area contributed by atoms with Gasteiger partial charge in [-0.2, -0.15) is 0 Å². The van der Waals surface area contributed by atoms with Gasteiger partial charge < -0.3 is 9.52 Å². The van der Waals surface area contributed by atoms with Crippen molar-refractivity contribution in [1.29, 1.82) is 0 Å². The predicted octanol–water partition coefficient (Wildman–Crippen LogP) is 14.0. The number of aromatic nitrogens is 1. The number of furan rings is 1. The third-order valence-electron chi connectivity index (χ3n) is 11.2. The quantitative estimate of drug-likeness (QED) is 0.0845. The van der Waals surface area contributed by atoms with Gasteiger partial charge in [0.05, 0.1) is 0 Å². The van der Waals surface area contributed by atoms with Crippen molar-refractivity contribution in [2.75, 3.05) is 0 Å². The van der Waals surface area contributed by atoms with E-state index in [4.69, 9.17) is 9.40 Å². The van der Waals surface area contributed by atoms with E-state index in [1.54, 1.807) is 0 Å². The zero-order valence-corrected chi connectivity index (χ0v) is 36.1. The van der Waals surface area contributed by atoms with Crippen molar-refractivity contribution in [1.82, 2.24) is 4.98 Å². The Kier molecular flexibility index (Phi) is 13.0. The molecule has 6 heteroatoms. The molecule has 52 heavy (non-hydrogen) atoms. The Labute approximate surface area is 328 Å². The van der Waals surface area contributed by atoms with Gasteiger partial charge in [-0.05, 0) is 72.6 Å². The van der Waals surface area contributed by atoms with E-state index in [9.17, 15) is 9.90 Å². The second-order valence-corrected chi connectivity index (χ2v) is 17.0. The van der Waals surface area contributed by atoms with Crippen molar-refractivity contribution in [2.24, 2.45) is 16.7 Å². The fourth-order valence-electron chi connectivity index (χ4n) is 6.83. The number of allylic oxidation sites excluding steroid dienone is 2. The van der Waals surface area contributed by atoms with Crippen LogP contribution in [0.1, 0.15) is 113 Å². The molecule has 0 bridgehead atoms. The molecule has 0 aliphatic carbocycles. The molecule has 3 aromatic heterocycles. The normalized spacial score (nSPS) is 12.8. The Morgan fingerprint density at radius 2 is 1.56 bits per heavy atom. The van der Waals surface area contributed by atoms with Crippen LogP contribution >= 0.6 is 11.3 Å². The molecular formula is C46H56IrNO3S-. The van der Waals surface area contributed by atoms with Gasteiger partial charge in [0, 0.05) is 69.8 Å². The van der Waals surface area contributed by atoms with Crippen LogP contribution in [0.25, 0.3) is 54.1 Å². The maximum Gasteiger partial charge on any atom is 0.164 e. The van der Waals surface area contributed by atoms with Gasteiger partial charge in [-0.3, -0.25) is 9.78 Å². The smallest absolute Gasteiger partial charge is 0.164 e. The van der Waals surface area contributed by atoms with Crippen LogP contribution in [-0.4, -0.2) is 15.9 Å². The largest absolute Gasteiger partial charge is 0.512 e. The topological polar surface area (TPSA) is 63.3 Å². The van der Waals surface area contributed by atoms with Gasteiger partial charge in [0.2, 0.25) is 0 Å². The minimum absolute atomic E-state index is 0. The maximum atomic E-state index is 12.2. The van der Waals surface area contributed by atoms with E-state index in [-0.39, 0.29) is 47.9 Å². The number of ketones is 1. The first-order valence-corrected chi connectivity index (χ1v) is 19.6. The van der Waals surface area contributed by atoms with Crippen molar-refractivity contribution >= 4 is 59.9 Å². The Morgan fingerprint density at radius 1 is 0.904 bits per heavy atom. The summed E-state index contributed by atoms with van der Waals surface area (Å²) in [5, 5.41) is 18.5. The fourth-order valence-corrected chi connectivity index (χ4v) is 7.81. The van der Waals surface area contributed by atoms with E-state index in [0.29, 0.717) is 5.92 Å². The standard InChI is InChI=1S/C31H28NOS.C15H28O2.Ir/c1-18(2)14-21-17-34-26-11-10-25-28(27(21)26)23-12-13-32-29(30(23)33-25)20-15-19-8-6-7-9-22(19)24(16-20)31(3,4)5;1-7-14(5,8-2)12(16)11-13(17)15(6,9-3)10-4;/h6-13,16-18H,14H2,1-5H3;11,16H,7-10H2,1-6H3;/q-1;;/b;12-11-;. The first-order chi connectivity index (χ1) is 24.1. The monoisotopic (exact) mass is 895 g/mol. The van der Waals surface area contributed by atoms with Crippen molar-refractivity contribution in [3.8, 4) is 11.3 Å². The molecule has 279 valence electrons. The zero-order valence-electron chi connectivity index (χ0n) is 32.9. The second-order valence-electron chi connectivity index (χ2n) is 16.1. The SMILES string of the molecule is CC(C)Cc1csc2ccc3oc4c(-c5[c-]c6ccccc6c(C(C)(C)C)c5)nccc4c3c12.CCC(C)(CC)C(=O)/C=C(\O)C(C)(CC)CC.[Ir]. The third kappa shape index (κ3) is 8.10. The minimum Gasteiger partial charge on any atom is -0.512 e. The van der Waals surface area contributed by atoms with E-state index in [1.165, 1.54) is 38.1 Å². The molecule has 1 N–H and O–H groups in total. The molecule has 0 saturated carbocycles. The molecule has 0 saturated heterocycles. The maximum absolute atomic E-state index is 12.2. The Hall–Kier alpha value is -3.31. The first-order valence-electron chi connectivity index (χ1n) is 18.7. The summed E-state index contributed by atoms with van der Waals surface area (Å²) in [4.78, 5) is 17.0. The third-order valence-corrected chi connectivity index (χ3v) is 12.2. The number of aliphatic hydroxyl groups excluding tert-OH is 1. The summed E-state index contributed by atoms with van der Waals surface area (Å²) in [6.07, 6.45) is 7.74. The molecule has 0 unspecified atom stereocenters. The zero-order chi connectivity index (χ0) is 37.3. The summed E-state index contributed by atoms with van der Waals surface area (Å²) in [7, 11) is 0. The Balaban J connectivity index is 0.000000289. The predicted molar refractivity (Wildman–Crippen MR) is 219 cm³/mol. The summed E-state index contributed by atoms with van der Waals surface area (Å²) < 4.78 is 7.85.